The van der Waals surface area contributed by atoms with E-state index in [4.69, 9.17) is 13.7 Å². The fourth-order valence-corrected chi connectivity index (χ4v) is 3.47. The Kier molecular flexibility index (Phi) is 4.87. The van der Waals surface area contributed by atoms with E-state index in [9.17, 15) is 14.4 Å². The lowest BCUT2D eigenvalue weighted by Gasteiger charge is -2.11. The van der Waals surface area contributed by atoms with Crippen LogP contribution in [0, 0.1) is 0 Å². The standard InChI is InChI=1S/C24H16N2O6/c27-22-19-9-8-16(11-20(19)23(28)26(22)13-17-7-4-10-30-17)24(29)31-14-18-12-21(25-32-18)15-5-2-1-3-6-15/h1-12H,13-14H2. The summed E-state index contributed by atoms with van der Waals surface area (Å²) in [6.07, 6.45) is 1.47. The molecule has 5 rings (SSSR count). The van der Waals surface area contributed by atoms with E-state index in [0.29, 0.717) is 17.2 Å². The third kappa shape index (κ3) is 3.58. The molecule has 0 saturated heterocycles. The van der Waals surface area contributed by atoms with Crippen LogP contribution >= 0.6 is 0 Å². The molecule has 0 radical (unpaired) electrons. The lowest BCUT2D eigenvalue weighted by molar-refractivity contribution is 0.0437. The number of imide groups is 1. The van der Waals surface area contributed by atoms with Gasteiger partial charge in [-0.1, -0.05) is 35.5 Å². The van der Waals surface area contributed by atoms with Crippen LogP contribution in [0.3, 0.4) is 0 Å². The molecule has 0 bridgehead atoms. The van der Waals surface area contributed by atoms with Gasteiger partial charge in [-0.25, -0.2) is 4.79 Å². The van der Waals surface area contributed by atoms with Gasteiger partial charge in [0.25, 0.3) is 11.8 Å². The van der Waals surface area contributed by atoms with Crippen molar-refractivity contribution in [1.82, 2.24) is 10.1 Å². The number of aromatic nitrogens is 1. The van der Waals surface area contributed by atoms with Crippen molar-refractivity contribution in [2.45, 2.75) is 13.2 Å². The van der Waals surface area contributed by atoms with E-state index in [0.717, 1.165) is 10.5 Å². The monoisotopic (exact) mass is 428 g/mol. The highest BCUT2D eigenvalue weighted by Gasteiger charge is 2.36. The molecule has 0 saturated carbocycles. The van der Waals surface area contributed by atoms with Crippen LogP contribution in [-0.4, -0.2) is 27.8 Å². The molecule has 2 amide bonds. The van der Waals surface area contributed by atoms with Gasteiger partial charge in [-0.05, 0) is 30.3 Å². The second-order valence-electron chi connectivity index (χ2n) is 7.16. The van der Waals surface area contributed by atoms with E-state index in [1.165, 1.54) is 24.5 Å². The van der Waals surface area contributed by atoms with Gasteiger partial charge >= 0.3 is 5.97 Å². The molecule has 0 spiro atoms. The topological polar surface area (TPSA) is 103 Å². The van der Waals surface area contributed by atoms with Crippen LogP contribution in [0.4, 0.5) is 0 Å². The maximum Gasteiger partial charge on any atom is 0.338 e. The van der Waals surface area contributed by atoms with E-state index in [1.54, 1.807) is 18.2 Å². The molecule has 0 N–H and O–H groups in total. The Morgan fingerprint density at radius 1 is 0.906 bits per heavy atom. The molecule has 0 unspecified atom stereocenters. The van der Waals surface area contributed by atoms with Crippen LogP contribution in [-0.2, 0) is 17.9 Å². The first-order valence-electron chi connectivity index (χ1n) is 9.81. The number of ether oxygens (including phenoxy) is 1. The first kappa shape index (κ1) is 19.5. The van der Waals surface area contributed by atoms with Crippen molar-refractivity contribution in [2.75, 3.05) is 0 Å². The fraction of sp³-hybridized carbons (Fsp3) is 0.0833. The van der Waals surface area contributed by atoms with Crippen molar-refractivity contribution in [2.24, 2.45) is 0 Å². The van der Waals surface area contributed by atoms with Gasteiger partial charge < -0.3 is 13.7 Å². The summed E-state index contributed by atoms with van der Waals surface area (Å²) in [5, 5.41) is 3.98. The number of fused-ring (bicyclic) bond motifs is 1. The number of furan rings is 1. The van der Waals surface area contributed by atoms with Gasteiger partial charge in [0.1, 0.15) is 11.5 Å². The molecule has 4 aromatic rings. The molecule has 2 aromatic carbocycles. The van der Waals surface area contributed by atoms with E-state index < -0.39 is 17.8 Å². The van der Waals surface area contributed by atoms with Gasteiger partial charge in [0.15, 0.2) is 12.4 Å². The molecule has 0 aliphatic carbocycles. The lowest BCUT2D eigenvalue weighted by Crippen LogP contribution is -2.28. The summed E-state index contributed by atoms with van der Waals surface area (Å²) in [5.74, 6) is -0.694. The Bertz CT molecular complexity index is 1310. The molecule has 158 valence electrons. The van der Waals surface area contributed by atoms with Crippen molar-refractivity contribution in [1.29, 1.82) is 0 Å². The van der Waals surface area contributed by atoms with E-state index >= 15 is 0 Å². The second-order valence-corrected chi connectivity index (χ2v) is 7.16. The molecule has 32 heavy (non-hydrogen) atoms. The normalized spacial score (nSPS) is 12.8. The first-order chi connectivity index (χ1) is 15.6. The minimum Gasteiger partial charge on any atom is -0.467 e. The van der Waals surface area contributed by atoms with Crippen LogP contribution in [0.2, 0.25) is 0 Å². The second kappa shape index (κ2) is 7.99. The van der Waals surface area contributed by atoms with Gasteiger partial charge in [-0.3, -0.25) is 14.5 Å². The zero-order valence-electron chi connectivity index (χ0n) is 16.7. The fourth-order valence-electron chi connectivity index (χ4n) is 3.47. The maximum absolute atomic E-state index is 12.7. The minimum atomic E-state index is -0.643. The molecule has 1 aliphatic rings. The first-order valence-corrected chi connectivity index (χ1v) is 9.81. The van der Waals surface area contributed by atoms with Crippen molar-refractivity contribution in [3.8, 4) is 11.3 Å². The zero-order valence-corrected chi connectivity index (χ0v) is 16.7. The smallest absolute Gasteiger partial charge is 0.338 e. The summed E-state index contributed by atoms with van der Waals surface area (Å²) >= 11 is 0. The van der Waals surface area contributed by atoms with Crippen LogP contribution in [0.5, 0.6) is 0 Å². The number of nitrogens with zero attached hydrogens (tertiary/aromatic N) is 2. The SMILES string of the molecule is O=C(OCc1cc(-c2ccccc2)no1)c1ccc2c(c1)C(=O)N(Cc1ccco1)C2=O. The largest absolute Gasteiger partial charge is 0.467 e. The molecular formula is C24H16N2O6. The summed E-state index contributed by atoms with van der Waals surface area (Å²) in [5.41, 5.74) is 2.07. The zero-order chi connectivity index (χ0) is 22.1. The van der Waals surface area contributed by atoms with E-state index in [-0.39, 0.29) is 29.8 Å². The number of rotatable bonds is 6. The summed E-state index contributed by atoms with van der Waals surface area (Å²) in [6.45, 7) is -0.0956. The number of hydrogen-bond donors (Lipinski definition) is 0. The van der Waals surface area contributed by atoms with Gasteiger partial charge in [0.2, 0.25) is 0 Å². The summed E-state index contributed by atoms with van der Waals surface area (Å²) in [6, 6.07) is 18.8. The number of carbonyl (C=O) groups excluding carboxylic acids is 3. The van der Waals surface area contributed by atoms with Gasteiger partial charge in [-0.2, -0.15) is 0 Å². The average molecular weight is 428 g/mol. The lowest BCUT2D eigenvalue weighted by atomic mass is 10.1. The molecule has 1 aliphatic heterocycles. The third-order valence-corrected chi connectivity index (χ3v) is 5.07. The highest BCUT2D eigenvalue weighted by molar-refractivity contribution is 6.21. The summed E-state index contributed by atoms with van der Waals surface area (Å²) in [4.78, 5) is 38.9. The van der Waals surface area contributed by atoms with E-state index in [2.05, 4.69) is 5.16 Å². The highest BCUT2D eigenvalue weighted by atomic mass is 16.5. The predicted molar refractivity (Wildman–Crippen MR) is 110 cm³/mol. The van der Waals surface area contributed by atoms with Gasteiger partial charge in [0, 0.05) is 11.6 Å². The van der Waals surface area contributed by atoms with Gasteiger partial charge in [-0.15, -0.1) is 0 Å². The Hall–Kier alpha value is -4.46. The van der Waals surface area contributed by atoms with Crippen LogP contribution in [0.15, 0.2) is 81.9 Å². The van der Waals surface area contributed by atoms with Crippen molar-refractivity contribution >= 4 is 17.8 Å². The third-order valence-electron chi connectivity index (χ3n) is 5.07. The number of hydrogen-bond acceptors (Lipinski definition) is 7. The van der Waals surface area contributed by atoms with Crippen molar-refractivity contribution in [3.05, 3.63) is 101 Å². The molecule has 8 nitrogen and oxygen atoms in total. The van der Waals surface area contributed by atoms with E-state index in [1.807, 2.05) is 30.3 Å². The average Bonchev–Trinajstić information content (AvgIpc) is 3.56. The number of carbonyl (C=O) groups is 3. The number of amides is 2. The molecule has 3 heterocycles. The van der Waals surface area contributed by atoms with Crippen LogP contribution in [0.25, 0.3) is 11.3 Å². The molecular weight excluding hydrogens is 412 g/mol. The Morgan fingerprint density at radius 2 is 1.72 bits per heavy atom. The van der Waals surface area contributed by atoms with Crippen LogP contribution in [0.1, 0.15) is 42.6 Å². The quantitative estimate of drug-likeness (QED) is 0.337. The van der Waals surface area contributed by atoms with Crippen molar-refractivity contribution in [3.63, 3.8) is 0 Å². The highest BCUT2D eigenvalue weighted by Crippen LogP contribution is 2.26. The Morgan fingerprint density at radius 3 is 2.50 bits per heavy atom. The molecule has 2 aromatic heterocycles. The molecule has 0 atom stereocenters. The minimum absolute atomic E-state index is 0.0222. The number of benzene rings is 2. The van der Waals surface area contributed by atoms with Crippen LogP contribution < -0.4 is 0 Å². The summed E-state index contributed by atoms with van der Waals surface area (Å²) < 4.78 is 15.8. The summed E-state index contributed by atoms with van der Waals surface area (Å²) in [7, 11) is 0. The number of esters is 1. The maximum atomic E-state index is 12.7. The van der Waals surface area contributed by atoms with Gasteiger partial charge in [0.05, 0.1) is 29.5 Å². The Labute approximate surface area is 182 Å². The predicted octanol–water partition coefficient (Wildman–Crippen LogP) is 4.09. The molecule has 0 fully saturated rings. The van der Waals surface area contributed by atoms with Crippen molar-refractivity contribution < 1.29 is 28.1 Å². The Balaban J connectivity index is 1.27. The molecule has 8 heteroatoms.